The molecular weight excluding hydrogens is 246 g/mol. The Morgan fingerprint density at radius 2 is 2.00 bits per heavy atom. The predicted octanol–water partition coefficient (Wildman–Crippen LogP) is 0.925. The van der Waals surface area contributed by atoms with E-state index in [-0.39, 0.29) is 13.2 Å². The lowest BCUT2D eigenvalue weighted by atomic mass is 10.2. The van der Waals surface area contributed by atoms with Crippen LogP contribution in [0.3, 0.4) is 0 Å². The van der Waals surface area contributed by atoms with E-state index in [0.717, 1.165) is 12.1 Å². The maximum Gasteiger partial charge on any atom is 0.161 e. The van der Waals surface area contributed by atoms with E-state index in [2.05, 4.69) is 19.2 Å². The van der Waals surface area contributed by atoms with E-state index in [4.69, 9.17) is 14.6 Å². The van der Waals surface area contributed by atoms with Crippen molar-refractivity contribution in [3.63, 3.8) is 0 Å². The van der Waals surface area contributed by atoms with Gasteiger partial charge in [0.1, 0.15) is 12.7 Å². The first kappa shape index (κ1) is 15.8. The quantitative estimate of drug-likeness (QED) is 0.655. The molecule has 0 fully saturated rings. The van der Waals surface area contributed by atoms with Crippen molar-refractivity contribution in [2.75, 3.05) is 20.3 Å². The van der Waals surface area contributed by atoms with E-state index in [1.165, 1.54) is 0 Å². The average molecular weight is 269 g/mol. The summed E-state index contributed by atoms with van der Waals surface area (Å²) in [5.41, 5.74) is 1.10. The summed E-state index contributed by atoms with van der Waals surface area (Å²) in [5, 5.41) is 21.3. The summed E-state index contributed by atoms with van der Waals surface area (Å²) in [5.74, 6) is 1.18. The van der Waals surface area contributed by atoms with Gasteiger partial charge in [-0.25, -0.2) is 0 Å². The van der Waals surface area contributed by atoms with Crippen LogP contribution in [0.15, 0.2) is 18.2 Å². The smallest absolute Gasteiger partial charge is 0.161 e. The lowest BCUT2D eigenvalue weighted by molar-refractivity contribution is 0.0527. The van der Waals surface area contributed by atoms with Crippen LogP contribution in [0.25, 0.3) is 0 Å². The van der Waals surface area contributed by atoms with Gasteiger partial charge in [0.05, 0.1) is 13.7 Å². The molecule has 0 aromatic heterocycles. The summed E-state index contributed by atoms with van der Waals surface area (Å²) in [4.78, 5) is 0. The number of benzene rings is 1. The molecule has 0 heterocycles. The van der Waals surface area contributed by atoms with Gasteiger partial charge in [-0.05, 0) is 17.7 Å². The molecule has 0 saturated carbocycles. The molecule has 3 N–H and O–H groups in total. The zero-order chi connectivity index (χ0) is 14.3. The Balaban J connectivity index is 2.67. The van der Waals surface area contributed by atoms with Crippen LogP contribution in [-0.4, -0.2) is 42.7 Å². The molecule has 19 heavy (non-hydrogen) atoms. The van der Waals surface area contributed by atoms with E-state index < -0.39 is 6.10 Å². The van der Waals surface area contributed by atoms with Crippen molar-refractivity contribution >= 4 is 0 Å². The van der Waals surface area contributed by atoms with Crippen LogP contribution >= 0.6 is 0 Å². The molecule has 5 nitrogen and oxygen atoms in total. The summed E-state index contributed by atoms with van der Waals surface area (Å²) in [6.07, 6.45) is -0.882. The van der Waals surface area contributed by atoms with Crippen LogP contribution in [0.2, 0.25) is 0 Å². The van der Waals surface area contributed by atoms with E-state index in [9.17, 15) is 5.11 Å². The first-order chi connectivity index (χ1) is 9.06. The SMILES string of the molecule is COc1cc(CNC(C)C)ccc1OCC(O)CO. The largest absolute Gasteiger partial charge is 0.493 e. The number of methoxy groups -OCH3 is 1. The van der Waals surface area contributed by atoms with Gasteiger partial charge in [-0.3, -0.25) is 0 Å². The summed E-state index contributed by atoms with van der Waals surface area (Å²) in [7, 11) is 1.57. The number of nitrogens with one attached hydrogen (secondary N) is 1. The number of rotatable bonds is 8. The lowest BCUT2D eigenvalue weighted by Crippen LogP contribution is -2.22. The second-order valence-electron chi connectivity index (χ2n) is 4.67. The minimum absolute atomic E-state index is 0.0381. The molecule has 0 radical (unpaired) electrons. The fourth-order valence-electron chi connectivity index (χ4n) is 1.50. The fourth-order valence-corrected chi connectivity index (χ4v) is 1.50. The monoisotopic (exact) mass is 269 g/mol. The van der Waals surface area contributed by atoms with Gasteiger partial charge in [-0.15, -0.1) is 0 Å². The van der Waals surface area contributed by atoms with Crippen molar-refractivity contribution in [3.8, 4) is 11.5 Å². The maximum absolute atomic E-state index is 9.26. The molecule has 1 aromatic carbocycles. The Kier molecular flexibility index (Phi) is 6.62. The van der Waals surface area contributed by atoms with E-state index in [1.54, 1.807) is 13.2 Å². The second kappa shape index (κ2) is 7.99. The van der Waals surface area contributed by atoms with E-state index in [1.807, 2.05) is 12.1 Å². The molecule has 5 heteroatoms. The van der Waals surface area contributed by atoms with Gasteiger partial charge in [-0.2, -0.15) is 0 Å². The summed E-state index contributed by atoms with van der Waals surface area (Å²) >= 11 is 0. The summed E-state index contributed by atoms with van der Waals surface area (Å²) < 4.78 is 10.7. The van der Waals surface area contributed by atoms with Gasteiger partial charge in [0.25, 0.3) is 0 Å². The lowest BCUT2D eigenvalue weighted by Gasteiger charge is -2.15. The molecular formula is C14H23NO4. The molecule has 1 atom stereocenters. The normalized spacial score (nSPS) is 12.5. The van der Waals surface area contributed by atoms with Crippen LogP contribution in [0.4, 0.5) is 0 Å². The van der Waals surface area contributed by atoms with Gasteiger partial charge in [0.15, 0.2) is 11.5 Å². The van der Waals surface area contributed by atoms with Gasteiger partial charge in [0.2, 0.25) is 0 Å². The molecule has 0 aliphatic rings. The van der Waals surface area contributed by atoms with Gasteiger partial charge in [0, 0.05) is 12.6 Å². The van der Waals surface area contributed by atoms with Crippen LogP contribution in [0, 0.1) is 0 Å². The Labute approximate surface area is 114 Å². The number of aliphatic hydroxyl groups is 2. The van der Waals surface area contributed by atoms with Crippen LogP contribution in [0.5, 0.6) is 11.5 Å². The van der Waals surface area contributed by atoms with Gasteiger partial charge < -0.3 is 25.0 Å². The molecule has 1 aromatic rings. The fraction of sp³-hybridized carbons (Fsp3) is 0.571. The molecule has 0 amide bonds. The van der Waals surface area contributed by atoms with Crippen LogP contribution in [0.1, 0.15) is 19.4 Å². The molecule has 1 rings (SSSR count). The standard InChI is InChI=1S/C14H23NO4/c1-10(2)15-7-11-4-5-13(14(6-11)18-3)19-9-12(17)8-16/h4-6,10,12,15-17H,7-9H2,1-3H3. The zero-order valence-electron chi connectivity index (χ0n) is 11.7. The highest BCUT2D eigenvalue weighted by Gasteiger charge is 2.09. The molecule has 1 unspecified atom stereocenters. The number of ether oxygens (including phenoxy) is 2. The Hall–Kier alpha value is -1.30. The van der Waals surface area contributed by atoms with E-state index >= 15 is 0 Å². The summed E-state index contributed by atoms with van der Waals surface area (Å²) in [6.45, 7) is 4.65. The molecule has 108 valence electrons. The predicted molar refractivity (Wildman–Crippen MR) is 73.6 cm³/mol. The van der Waals surface area contributed by atoms with Gasteiger partial charge >= 0.3 is 0 Å². The van der Waals surface area contributed by atoms with Crippen molar-refractivity contribution < 1.29 is 19.7 Å². The van der Waals surface area contributed by atoms with Crippen LogP contribution < -0.4 is 14.8 Å². The molecule has 0 aliphatic heterocycles. The highest BCUT2D eigenvalue weighted by molar-refractivity contribution is 5.43. The van der Waals surface area contributed by atoms with Crippen LogP contribution in [-0.2, 0) is 6.54 Å². The number of aliphatic hydroxyl groups excluding tert-OH is 2. The van der Waals surface area contributed by atoms with Gasteiger partial charge in [-0.1, -0.05) is 19.9 Å². The third kappa shape index (κ3) is 5.46. The van der Waals surface area contributed by atoms with Crippen molar-refractivity contribution in [1.29, 1.82) is 0 Å². The Morgan fingerprint density at radius 1 is 1.26 bits per heavy atom. The topological polar surface area (TPSA) is 71.0 Å². The first-order valence-electron chi connectivity index (χ1n) is 6.38. The third-order valence-corrected chi connectivity index (χ3v) is 2.58. The minimum atomic E-state index is -0.882. The van der Waals surface area contributed by atoms with Crippen molar-refractivity contribution in [2.45, 2.75) is 32.5 Å². The van der Waals surface area contributed by atoms with Crippen molar-refractivity contribution in [2.24, 2.45) is 0 Å². The molecule has 0 spiro atoms. The van der Waals surface area contributed by atoms with Crippen molar-refractivity contribution in [3.05, 3.63) is 23.8 Å². The highest BCUT2D eigenvalue weighted by Crippen LogP contribution is 2.28. The maximum atomic E-state index is 9.26. The third-order valence-electron chi connectivity index (χ3n) is 2.58. The molecule has 0 aliphatic carbocycles. The highest BCUT2D eigenvalue weighted by atomic mass is 16.5. The average Bonchev–Trinajstić information content (AvgIpc) is 2.42. The van der Waals surface area contributed by atoms with Crippen molar-refractivity contribution in [1.82, 2.24) is 5.32 Å². The Morgan fingerprint density at radius 3 is 2.58 bits per heavy atom. The number of hydrogen-bond donors (Lipinski definition) is 3. The second-order valence-corrected chi connectivity index (χ2v) is 4.67. The zero-order valence-corrected chi connectivity index (χ0v) is 11.7. The minimum Gasteiger partial charge on any atom is -0.493 e. The summed E-state index contributed by atoms with van der Waals surface area (Å²) in [6, 6.07) is 6.07. The first-order valence-corrected chi connectivity index (χ1v) is 6.38. The molecule has 0 bridgehead atoms. The molecule has 0 saturated heterocycles. The Bertz CT molecular complexity index is 382. The number of hydrogen-bond acceptors (Lipinski definition) is 5. The van der Waals surface area contributed by atoms with E-state index in [0.29, 0.717) is 17.5 Å².